The molecule has 0 radical (unpaired) electrons. The molecule has 1 fully saturated rings. The maximum Gasteiger partial charge on any atom is 0.119 e. The van der Waals surface area contributed by atoms with Crippen LogP contribution < -0.4 is 15.4 Å². The predicted molar refractivity (Wildman–Crippen MR) is 89.1 cm³/mol. The molecular formula is C17H29N3O. The molecular weight excluding hydrogens is 262 g/mol. The Morgan fingerprint density at radius 2 is 1.81 bits per heavy atom. The molecule has 2 rings (SSSR count). The van der Waals surface area contributed by atoms with Crippen LogP contribution in [-0.4, -0.2) is 51.3 Å². The van der Waals surface area contributed by atoms with Gasteiger partial charge in [-0.1, -0.05) is 6.92 Å². The van der Waals surface area contributed by atoms with Gasteiger partial charge >= 0.3 is 0 Å². The first-order valence-electron chi connectivity index (χ1n) is 8.04. The minimum atomic E-state index is 0.751. The Morgan fingerprint density at radius 1 is 1.14 bits per heavy atom. The minimum Gasteiger partial charge on any atom is -0.497 e. The van der Waals surface area contributed by atoms with E-state index in [-0.39, 0.29) is 0 Å². The Morgan fingerprint density at radius 3 is 2.38 bits per heavy atom. The molecule has 118 valence electrons. The van der Waals surface area contributed by atoms with E-state index in [1.165, 1.54) is 18.7 Å². The maximum atomic E-state index is 5.58. The number of piperazine rings is 1. The van der Waals surface area contributed by atoms with E-state index < -0.39 is 0 Å². The lowest BCUT2D eigenvalue weighted by Gasteiger charge is -2.37. The summed E-state index contributed by atoms with van der Waals surface area (Å²) in [6.45, 7) is 8.88. The van der Waals surface area contributed by atoms with Crippen LogP contribution in [0.4, 0.5) is 5.69 Å². The van der Waals surface area contributed by atoms with E-state index in [0.717, 1.165) is 50.8 Å². The van der Waals surface area contributed by atoms with Crippen molar-refractivity contribution in [2.75, 3.05) is 51.3 Å². The lowest BCUT2D eigenvalue weighted by Crippen LogP contribution is -2.47. The highest BCUT2D eigenvalue weighted by atomic mass is 16.5. The lowest BCUT2D eigenvalue weighted by atomic mass is 10.0. The topological polar surface area (TPSA) is 41.7 Å². The van der Waals surface area contributed by atoms with Crippen molar-refractivity contribution in [3.05, 3.63) is 24.3 Å². The molecule has 1 heterocycles. The summed E-state index contributed by atoms with van der Waals surface area (Å²) >= 11 is 0. The molecule has 21 heavy (non-hydrogen) atoms. The van der Waals surface area contributed by atoms with Gasteiger partial charge < -0.3 is 15.4 Å². The fraction of sp³-hybridized carbons (Fsp3) is 0.647. The smallest absolute Gasteiger partial charge is 0.119 e. The summed E-state index contributed by atoms with van der Waals surface area (Å²) < 4.78 is 5.21. The van der Waals surface area contributed by atoms with Crippen LogP contribution in [0.25, 0.3) is 0 Å². The van der Waals surface area contributed by atoms with Gasteiger partial charge in [-0.3, -0.25) is 4.90 Å². The van der Waals surface area contributed by atoms with Crippen LogP contribution in [0.2, 0.25) is 0 Å². The third kappa shape index (κ3) is 4.90. The van der Waals surface area contributed by atoms with E-state index in [1.54, 1.807) is 7.11 Å². The normalized spacial score (nSPS) is 17.8. The second-order valence-corrected chi connectivity index (χ2v) is 6.02. The van der Waals surface area contributed by atoms with E-state index in [1.807, 2.05) is 12.1 Å². The average molecular weight is 291 g/mol. The van der Waals surface area contributed by atoms with Crippen molar-refractivity contribution >= 4 is 5.69 Å². The SMILES string of the molecule is COc1ccc(N2CCN(CC(C)CCCN)CC2)cc1. The fourth-order valence-electron chi connectivity index (χ4n) is 2.98. The molecule has 1 aromatic carbocycles. The molecule has 2 N–H and O–H groups in total. The number of ether oxygens (including phenoxy) is 1. The van der Waals surface area contributed by atoms with Crippen LogP contribution in [0.15, 0.2) is 24.3 Å². The first-order chi connectivity index (χ1) is 10.2. The molecule has 1 aliphatic rings. The van der Waals surface area contributed by atoms with Gasteiger partial charge in [-0.05, 0) is 49.6 Å². The van der Waals surface area contributed by atoms with Crippen LogP contribution in [0, 0.1) is 5.92 Å². The van der Waals surface area contributed by atoms with E-state index >= 15 is 0 Å². The van der Waals surface area contributed by atoms with Gasteiger partial charge in [0.25, 0.3) is 0 Å². The number of rotatable bonds is 7. The van der Waals surface area contributed by atoms with Crippen molar-refractivity contribution in [3.63, 3.8) is 0 Å². The van der Waals surface area contributed by atoms with Crippen molar-refractivity contribution in [1.29, 1.82) is 0 Å². The number of hydrogen-bond donors (Lipinski definition) is 1. The monoisotopic (exact) mass is 291 g/mol. The molecule has 0 aliphatic carbocycles. The zero-order valence-corrected chi connectivity index (χ0v) is 13.4. The highest BCUT2D eigenvalue weighted by molar-refractivity contribution is 5.49. The summed E-state index contributed by atoms with van der Waals surface area (Å²) in [6.07, 6.45) is 2.39. The average Bonchev–Trinajstić information content (AvgIpc) is 2.54. The number of anilines is 1. The van der Waals surface area contributed by atoms with Gasteiger partial charge in [-0.25, -0.2) is 0 Å². The Balaban J connectivity index is 1.77. The Kier molecular flexibility index (Phi) is 6.33. The van der Waals surface area contributed by atoms with Crippen LogP contribution in [0.5, 0.6) is 5.75 Å². The van der Waals surface area contributed by atoms with Gasteiger partial charge in [0.15, 0.2) is 0 Å². The zero-order valence-electron chi connectivity index (χ0n) is 13.4. The molecule has 4 heteroatoms. The van der Waals surface area contributed by atoms with Crippen molar-refractivity contribution in [3.8, 4) is 5.75 Å². The van der Waals surface area contributed by atoms with Gasteiger partial charge in [0.1, 0.15) is 5.75 Å². The molecule has 1 saturated heterocycles. The highest BCUT2D eigenvalue weighted by Crippen LogP contribution is 2.21. The Labute approximate surface area is 128 Å². The van der Waals surface area contributed by atoms with Gasteiger partial charge in [-0.15, -0.1) is 0 Å². The zero-order chi connectivity index (χ0) is 15.1. The number of nitrogens with two attached hydrogens (primary N) is 1. The molecule has 0 aromatic heterocycles. The Hall–Kier alpha value is -1.26. The van der Waals surface area contributed by atoms with Gasteiger partial charge in [0.2, 0.25) is 0 Å². The second-order valence-electron chi connectivity index (χ2n) is 6.02. The first-order valence-corrected chi connectivity index (χ1v) is 8.04. The third-order valence-electron chi connectivity index (χ3n) is 4.28. The molecule has 1 unspecified atom stereocenters. The van der Waals surface area contributed by atoms with E-state index in [2.05, 4.69) is 28.9 Å². The largest absolute Gasteiger partial charge is 0.497 e. The number of benzene rings is 1. The van der Waals surface area contributed by atoms with Gasteiger partial charge in [-0.2, -0.15) is 0 Å². The second kappa shape index (κ2) is 8.25. The summed E-state index contributed by atoms with van der Waals surface area (Å²) in [7, 11) is 1.71. The third-order valence-corrected chi connectivity index (χ3v) is 4.28. The van der Waals surface area contributed by atoms with E-state index in [9.17, 15) is 0 Å². The van der Waals surface area contributed by atoms with Crippen LogP contribution in [0.1, 0.15) is 19.8 Å². The van der Waals surface area contributed by atoms with E-state index in [0.29, 0.717) is 0 Å². The molecule has 0 saturated carbocycles. The van der Waals surface area contributed by atoms with Crippen LogP contribution >= 0.6 is 0 Å². The molecule has 0 bridgehead atoms. The van der Waals surface area contributed by atoms with Gasteiger partial charge in [0.05, 0.1) is 7.11 Å². The highest BCUT2D eigenvalue weighted by Gasteiger charge is 2.18. The number of hydrogen-bond acceptors (Lipinski definition) is 4. The van der Waals surface area contributed by atoms with Crippen molar-refractivity contribution in [1.82, 2.24) is 4.90 Å². The number of methoxy groups -OCH3 is 1. The molecule has 4 nitrogen and oxygen atoms in total. The summed E-state index contributed by atoms with van der Waals surface area (Å²) in [6, 6.07) is 8.38. The first kappa shape index (κ1) is 16.1. The summed E-state index contributed by atoms with van der Waals surface area (Å²) in [5.41, 5.74) is 6.88. The van der Waals surface area contributed by atoms with Crippen LogP contribution in [-0.2, 0) is 0 Å². The molecule has 1 atom stereocenters. The van der Waals surface area contributed by atoms with Crippen molar-refractivity contribution in [2.24, 2.45) is 11.7 Å². The molecule has 0 spiro atoms. The van der Waals surface area contributed by atoms with E-state index in [4.69, 9.17) is 10.5 Å². The minimum absolute atomic E-state index is 0.751. The molecule has 1 aromatic rings. The van der Waals surface area contributed by atoms with Crippen molar-refractivity contribution in [2.45, 2.75) is 19.8 Å². The summed E-state index contributed by atoms with van der Waals surface area (Å²) in [5, 5.41) is 0. The summed E-state index contributed by atoms with van der Waals surface area (Å²) in [4.78, 5) is 5.04. The Bertz CT molecular complexity index is 399. The molecule has 1 aliphatic heterocycles. The predicted octanol–water partition coefficient (Wildman–Crippen LogP) is 2.19. The fourth-order valence-corrected chi connectivity index (χ4v) is 2.98. The van der Waals surface area contributed by atoms with Crippen LogP contribution in [0.3, 0.4) is 0 Å². The standard InChI is InChI=1S/C17H29N3O/c1-15(4-3-9-18)14-19-10-12-20(13-11-19)16-5-7-17(21-2)8-6-16/h5-8,15H,3-4,9-14,18H2,1-2H3. The maximum absolute atomic E-state index is 5.58. The van der Waals surface area contributed by atoms with Gasteiger partial charge in [0, 0.05) is 38.4 Å². The number of nitrogens with zero attached hydrogens (tertiary/aromatic N) is 2. The quantitative estimate of drug-likeness (QED) is 0.836. The lowest BCUT2D eigenvalue weighted by molar-refractivity contribution is 0.219. The summed E-state index contributed by atoms with van der Waals surface area (Å²) in [5.74, 6) is 1.67. The van der Waals surface area contributed by atoms with Crippen molar-refractivity contribution < 1.29 is 4.74 Å². The molecule has 0 amide bonds.